The third-order valence-electron chi connectivity index (χ3n) is 4.57. The maximum absolute atomic E-state index is 12.5. The van der Waals surface area contributed by atoms with E-state index in [1.807, 2.05) is 25.1 Å². The van der Waals surface area contributed by atoms with E-state index >= 15 is 0 Å². The topological polar surface area (TPSA) is 78.3 Å². The van der Waals surface area contributed by atoms with Crippen LogP contribution in [0.1, 0.15) is 44.0 Å². The minimum absolute atomic E-state index is 0.0339. The average molecular weight is 391 g/mol. The van der Waals surface area contributed by atoms with Crippen LogP contribution in [-0.2, 0) is 17.9 Å². The molecule has 1 atom stereocenters. The summed E-state index contributed by atoms with van der Waals surface area (Å²) in [6.45, 7) is 5.22. The molecule has 1 aliphatic rings. The van der Waals surface area contributed by atoms with Crippen molar-refractivity contribution < 1.29 is 14.3 Å². The van der Waals surface area contributed by atoms with Crippen molar-refractivity contribution in [3.8, 4) is 11.5 Å². The molecule has 1 saturated carbocycles. The molecule has 1 heterocycles. The lowest BCUT2D eigenvalue weighted by Gasteiger charge is -2.14. The zero-order chi connectivity index (χ0) is 19.4. The molecule has 7 nitrogen and oxygen atoms in total. The average Bonchev–Trinajstić information content (AvgIpc) is 3.46. The Hall–Kier alpha value is -2.22. The summed E-state index contributed by atoms with van der Waals surface area (Å²) in [6, 6.07) is 5.61. The Kier molecular flexibility index (Phi) is 6.26. The predicted molar refractivity (Wildman–Crippen MR) is 104 cm³/mol. The lowest BCUT2D eigenvalue weighted by Crippen LogP contribution is -2.30. The van der Waals surface area contributed by atoms with Crippen LogP contribution in [0.25, 0.3) is 0 Å². The number of rotatable bonds is 9. The van der Waals surface area contributed by atoms with E-state index in [4.69, 9.17) is 9.47 Å². The number of thioether (sulfide) groups is 1. The monoisotopic (exact) mass is 390 g/mol. The molecule has 8 heteroatoms. The summed E-state index contributed by atoms with van der Waals surface area (Å²) < 4.78 is 12.7. The highest BCUT2D eigenvalue weighted by Gasteiger charge is 2.30. The highest BCUT2D eigenvalue weighted by atomic mass is 32.2. The Labute approximate surface area is 163 Å². The van der Waals surface area contributed by atoms with Gasteiger partial charge in [0, 0.05) is 19.0 Å². The number of benzene rings is 1. The van der Waals surface area contributed by atoms with Crippen LogP contribution in [-0.4, -0.2) is 40.1 Å². The lowest BCUT2D eigenvalue weighted by atomic mass is 10.2. The Morgan fingerprint density at radius 3 is 2.67 bits per heavy atom. The van der Waals surface area contributed by atoms with Gasteiger partial charge in [-0.25, -0.2) is 0 Å². The van der Waals surface area contributed by atoms with E-state index in [-0.39, 0.29) is 11.2 Å². The fourth-order valence-corrected chi connectivity index (χ4v) is 3.81. The van der Waals surface area contributed by atoms with Crippen molar-refractivity contribution in [2.45, 2.75) is 56.1 Å². The SMILES string of the molecule is CCn1c(S[C@H](C)C(=O)NCc2ccc(OC)c(OC)c2)nnc1C1CC1. The van der Waals surface area contributed by atoms with Crippen LogP contribution in [0.4, 0.5) is 0 Å². The number of hydrogen-bond donors (Lipinski definition) is 1. The molecule has 0 aliphatic heterocycles. The number of ether oxygens (including phenoxy) is 2. The van der Waals surface area contributed by atoms with Crippen LogP contribution in [0.5, 0.6) is 11.5 Å². The number of nitrogens with one attached hydrogen (secondary N) is 1. The van der Waals surface area contributed by atoms with Gasteiger partial charge in [0.2, 0.25) is 5.91 Å². The predicted octanol–water partition coefficient (Wildman–Crippen LogP) is 2.99. The zero-order valence-electron chi connectivity index (χ0n) is 16.2. The van der Waals surface area contributed by atoms with Gasteiger partial charge in [-0.15, -0.1) is 10.2 Å². The molecular formula is C19H26N4O3S. The molecule has 1 aliphatic carbocycles. The Morgan fingerprint density at radius 1 is 1.30 bits per heavy atom. The molecular weight excluding hydrogens is 364 g/mol. The third-order valence-corrected chi connectivity index (χ3v) is 5.65. The minimum atomic E-state index is -0.258. The summed E-state index contributed by atoms with van der Waals surface area (Å²) in [4.78, 5) is 12.5. The van der Waals surface area contributed by atoms with E-state index in [1.165, 1.54) is 24.6 Å². The molecule has 3 rings (SSSR count). The Morgan fingerprint density at radius 2 is 2.04 bits per heavy atom. The quantitative estimate of drug-likeness (QED) is 0.663. The van der Waals surface area contributed by atoms with Gasteiger partial charge in [0.25, 0.3) is 0 Å². The first-order valence-corrected chi connectivity index (χ1v) is 10.0. The smallest absolute Gasteiger partial charge is 0.233 e. The van der Waals surface area contributed by atoms with E-state index in [0.717, 1.165) is 23.1 Å². The number of hydrogen-bond acceptors (Lipinski definition) is 6. The van der Waals surface area contributed by atoms with Gasteiger partial charge in [-0.1, -0.05) is 17.8 Å². The number of amides is 1. The third kappa shape index (κ3) is 4.55. The van der Waals surface area contributed by atoms with Crippen molar-refractivity contribution >= 4 is 17.7 Å². The van der Waals surface area contributed by atoms with Crippen molar-refractivity contribution in [1.29, 1.82) is 0 Å². The molecule has 1 amide bonds. The molecule has 0 radical (unpaired) electrons. The molecule has 146 valence electrons. The maximum Gasteiger partial charge on any atom is 0.233 e. The van der Waals surface area contributed by atoms with Crippen LogP contribution in [0.2, 0.25) is 0 Å². The zero-order valence-corrected chi connectivity index (χ0v) is 17.0. The molecule has 0 spiro atoms. The maximum atomic E-state index is 12.5. The second-order valence-corrected chi connectivity index (χ2v) is 7.83. The number of carbonyl (C=O) groups is 1. The largest absolute Gasteiger partial charge is 0.493 e. The molecule has 0 bridgehead atoms. The highest BCUT2D eigenvalue weighted by molar-refractivity contribution is 8.00. The molecule has 1 aromatic heterocycles. The summed E-state index contributed by atoms with van der Waals surface area (Å²) in [5.41, 5.74) is 0.950. The van der Waals surface area contributed by atoms with Crippen molar-refractivity contribution in [3.63, 3.8) is 0 Å². The molecule has 0 unspecified atom stereocenters. The van der Waals surface area contributed by atoms with Gasteiger partial charge in [0.05, 0.1) is 19.5 Å². The highest BCUT2D eigenvalue weighted by Crippen LogP contribution is 2.40. The van der Waals surface area contributed by atoms with Gasteiger partial charge in [0.1, 0.15) is 5.82 Å². The normalized spacial score (nSPS) is 14.7. The number of nitrogens with zero attached hydrogens (tertiary/aromatic N) is 3. The molecule has 1 aromatic carbocycles. The van der Waals surface area contributed by atoms with E-state index in [0.29, 0.717) is 24.0 Å². The van der Waals surface area contributed by atoms with Gasteiger partial charge in [-0.3, -0.25) is 4.79 Å². The van der Waals surface area contributed by atoms with Crippen LogP contribution in [0.3, 0.4) is 0 Å². The summed E-state index contributed by atoms with van der Waals surface area (Å²) in [5.74, 6) is 2.88. The van der Waals surface area contributed by atoms with Gasteiger partial charge < -0.3 is 19.4 Å². The van der Waals surface area contributed by atoms with Crippen molar-refractivity contribution in [1.82, 2.24) is 20.1 Å². The number of carbonyl (C=O) groups excluding carboxylic acids is 1. The summed E-state index contributed by atoms with van der Waals surface area (Å²) in [7, 11) is 3.20. The van der Waals surface area contributed by atoms with Gasteiger partial charge >= 0.3 is 0 Å². The first-order chi connectivity index (χ1) is 13.1. The van der Waals surface area contributed by atoms with Crippen LogP contribution in [0.15, 0.2) is 23.4 Å². The Balaban J connectivity index is 1.58. The molecule has 27 heavy (non-hydrogen) atoms. The van der Waals surface area contributed by atoms with Crippen LogP contribution >= 0.6 is 11.8 Å². The minimum Gasteiger partial charge on any atom is -0.493 e. The summed E-state index contributed by atoms with van der Waals surface area (Å²) in [6.07, 6.45) is 2.37. The van der Waals surface area contributed by atoms with E-state index in [2.05, 4.69) is 27.0 Å². The summed E-state index contributed by atoms with van der Waals surface area (Å²) >= 11 is 1.45. The molecule has 2 aromatic rings. The van der Waals surface area contributed by atoms with E-state index in [1.54, 1.807) is 14.2 Å². The van der Waals surface area contributed by atoms with Crippen molar-refractivity contribution in [3.05, 3.63) is 29.6 Å². The lowest BCUT2D eigenvalue weighted by molar-refractivity contribution is -0.120. The van der Waals surface area contributed by atoms with Crippen molar-refractivity contribution in [2.75, 3.05) is 14.2 Å². The van der Waals surface area contributed by atoms with Crippen LogP contribution < -0.4 is 14.8 Å². The van der Waals surface area contributed by atoms with E-state index < -0.39 is 0 Å². The first-order valence-electron chi connectivity index (χ1n) is 9.15. The standard InChI is InChI=1S/C19H26N4O3S/c1-5-23-17(14-7-8-14)21-22-19(23)27-12(2)18(24)20-11-13-6-9-15(25-3)16(10-13)26-4/h6,9-10,12,14H,5,7-8,11H2,1-4H3,(H,20,24)/t12-/m1/s1. The Bertz CT molecular complexity index is 804. The fourth-order valence-electron chi connectivity index (χ4n) is 2.86. The van der Waals surface area contributed by atoms with Gasteiger partial charge in [-0.2, -0.15) is 0 Å². The second kappa shape index (κ2) is 8.65. The molecule has 1 fully saturated rings. The fraction of sp³-hybridized carbons (Fsp3) is 0.526. The second-order valence-electron chi connectivity index (χ2n) is 6.53. The van der Waals surface area contributed by atoms with Crippen LogP contribution in [0, 0.1) is 0 Å². The molecule has 1 N–H and O–H groups in total. The summed E-state index contributed by atoms with van der Waals surface area (Å²) in [5, 5.41) is 12.2. The molecule has 0 saturated heterocycles. The van der Waals surface area contributed by atoms with Gasteiger partial charge in [-0.05, 0) is 44.4 Å². The number of methoxy groups -OCH3 is 2. The van der Waals surface area contributed by atoms with Crippen molar-refractivity contribution in [2.24, 2.45) is 0 Å². The first kappa shape index (κ1) is 19.5. The van der Waals surface area contributed by atoms with E-state index in [9.17, 15) is 4.79 Å². The number of aromatic nitrogens is 3. The van der Waals surface area contributed by atoms with Gasteiger partial charge in [0.15, 0.2) is 16.7 Å².